The summed E-state index contributed by atoms with van der Waals surface area (Å²) in [7, 11) is -1.33. The maximum Gasteiger partial charge on any atom is 0.264 e. The van der Waals surface area contributed by atoms with Gasteiger partial charge in [-0.2, -0.15) is 0 Å². The zero-order chi connectivity index (χ0) is 30.2. The summed E-state index contributed by atoms with van der Waals surface area (Å²) in [6, 6.07) is 19.0. The molecule has 3 aromatic carbocycles. The number of anilines is 1. The summed E-state index contributed by atoms with van der Waals surface area (Å²) in [6.07, 6.45) is 0. The summed E-state index contributed by atoms with van der Waals surface area (Å²) in [5, 5.41) is 2.88. The first-order chi connectivity index (χ1) is 19.5. The van der Waals surface area contributed by atoms with Crippen molar-refractivity contribution >= 4 is 43.5 Å². The van der Waals surface area contributed by atoms with Crippen LogP contribution >= 0.6 is 15.9 Å². The Morgan fingerprint density at radius 3 is 2.22 bits per heavy atom. The minimum absolute atomic E-state index is 0.0294. The molecule has 1 N–H and O–H groups in total. The smallest absolute Gasteiger partial charge is 0.264 e. The largest absolute Gasteiger partial charge is 0.497 e. The van der Waals surface area contributed by atoms with Gasteiger partial charge >= 0.3 is 0 Å². The molecule has 0 aliphatic carbocycles. The van der Waals surface area contributed by atoms with Gasteiger partial charge in [-0.05, 0) is 66.9 Å². The molecule has 11 heteroatoms. The molecular weight excluding hydrogens is 610 g/mol. The third-order valence-corrected chi connectivity index (χ3v) is 8.64. The number of benzene rings is 3. The van der Waals surface area contributed by atoms with Gasteiger partial charge in [0.25, 0.3) is 10.0 Å². The number of amides is 2. The minimum Gasteiger partial charge on any atom is -0.497 e. The molecule has 0 saturated carbocycles. The summed E-state index contributed by atoms with van der Waals surface area (Å²) >= 11 is 3.45. The van der Waals surface area contributed by atoms with E-state index in [9.17, 15) is 18.0 Å². The molecule has 1 atom stereocenters. The summed E-state index contributed by atoms with van der Waals surface area (Å²) < 4.78 is 40.5. The van der Waals surface area contributed by atoms with Gasteiger partial charge in [-0.3, -0.25) is 13.9 Å². The maximum absolute atomic E-state index is 14.0. The van der Waals surface area contributed by atoms with Crippen molar-refractivity contribution in [3.8, 4) is 11.5 Å². The van der Waals surface area contributed by atoms with E-state index in [4.69, 9.17) is 9.47 Å². The van der Waals surface area contributed by atoms with E-state index < -0.39 is 28.5 Å². The average Bonchev–Trinajstić information content (AvgIpc) is 2.96. The molecule has 0 saturated heterocycles. The summed E-state index contributed by atoms with van der Waals surface area (Å²) in [4.78, 5) is 28.5. The van der Waals surface area contributed by atoms with E-state index in [1.807, 2.05) is 38.1 Å². The zero-order valence-electron chi connectivity index (χ0n) is 23.8. The zero-order valence-corrected chi connectivity index (χ0v) is 26.2. The fraction of sp³-hybridized carbons (Fsp3) is 0.333. The van der Waals surface area contributed by atoms with Gasteiger partial charge < -0.3 is 19.7 Å². The van der Waals surface area contributed by atoms with Gasteiger partial charge in [-0.15, -0.1) is 0 Å². The van der Waals surface area contributed by atoms with E-state index in [-0.39, 0.29) is 34.7 Å². The number of ether oxygens (including phenoxy) is 2. The summed E-state index contributed by atoms with van der Waals surface area (Å²) in [6.45, 7) is 5.56. The topological polar surface area (TPSA) is 105 Å². The lowest BCUT2D eigenvalue weighted by Gasteiger charge is -2.32. The fourth-order valence-electron chi connectivity index (χ4n) is 4.09. The van der Waals surface area contributed by atoms with Crippen LogP contribution in [0.3, 0.4) is 0 Å². The highest BCUT2D eigenvalue weighted by Gasteiger charge is 2.33. The van der Waals surface area contributed by atoms with E-state index in [1.165, 1.54) is 43.4 Å². The Kier molecular flexibility index (Phi) is 11.2. The third kappa shape index (κ3) is 8.23. The first-order valence-corrected chi connectivity index (χ1v) is 15.3. The molecule has 0 bridgehead atoms. The molecule has 0 aliphatic heterocycles. The molecule has 3 aromatic rings. The van der Waals surface area contributed by atoms with Crippen molar-refractivity contribution in [3.05, 3.63) is 82.8 Å². The van der Waals surface area contributed by atoms with Gasteiger partial charge in [0, 0.05) is 17.6 Å². The first-order valence-electron chi connectivity index (χ1n) is 13.1. The Labute approximate surface area is 250 Å². The van der Waals surface area contributed by atoms with Crippen LogP contribution in [-0.2, 0) is 26.2 Å². The number of nitrogens with zero attached hydrogens (tertiary/aromatic N) is 2. The van der Waals surface area contributed by atoms with Crippen molar-refractivity contribution in [2.75, 3.05) is 31.6 Å². The van der Waals surface area contributed by atoms with Crippen LogP contribution in [0.25, 0.3) is 0 Å². The minimum atomic E-state index is -4.25. The monoisotopic (exact) mass is 645 g/mol. The van der Waals surface area contributed by atoms with Crippen LogP contribution in [0.15, 0.2) is 82.2 Å². The number of methoxy groups -OCH3 is 2. The van der Waals surface area contributed by atoms with Gasteiger partial charge in [-0.1, -0.05) is 54.0 Å². The number of carbonyl (C=O) groups excluding carboxylic acids is 2. The quantitative estimate of drug-likeness (QED) is 0.285. The number of sulfonamides is 1. The van der Waals surface area contributed by atoms with Crippen LogP contribution in [0.5, 0.6) is 11.5 Å². The Morgan fingerprint density at radius 1 is 0.927 bits per heavy atom. The second-order valence-electron chi connectivity index (χ2n) is 9.83. The molecule has 220 valence electrons. The van der Waals surface area contributed by atoms with Crippen molar-refractivity contribution in [1.29, 1.82) is 0 Å². The molecule has 0 radical (unpaired) electrons. The van der Waals surface area contributed by atoms with Crippen LogP contribution in [0.4, 0.5) is 5.69 Å². The Morgan fingerprint density at radius 2 is 1.61 bits per heavy atom. The summed E-state index contributed by atoms with van der Waals surface area (Å²) in [5.74, 6) is 0.101. The van der Waals surface area contributed by atoms with E-state index in [0.29, 0.717) is 12.3 Å². The predicted molar refractivity (Wildman–Crippen MR) is 163 cm³/mol. The highest BCUT2D eigenvalue weighted by atomic mass is 79.9. The second-order valence-corrected chi connectivity index (χ2v) is 12.6. The van der Waals surface area contributed by atoms with Crippen molar-refractivity contribution in [3.63, 3.8) is 0 Å². The maximum atomic E-state index is 14.0. The van der Waals surface area contributed by atoms with Gasteiger partial charge in [0.2, 0.25) is 11.8 Å². The molecule has 41 heavy (non-hydrogen) atoms. The van der Waals surface area contributed by atoms with Crippen molar-refractivity contribution in [2.45, 2.75) is 38.3 Å². The Balaban J connectivity index is 2.05. The fourth-order valence-corrected chi connectivity index (χ4v) is 5.96. The van der Waals surface area contributed by atoms with Gasteiger partial charge in [0.1, 0.15) is 24.1 Å². The molecule has 2 amide bonds. The lowest BCUT2D eigenvalue weighted by Crippen LogP contribution is -2.51. The first kappa shape index (κ1) is 32.0. The molecule has 3 rings (SSSR count). The molecule has 1 unspecified atom stereocenters. The molecular formula is C30H36BrN3O6S. The Hall–Kier alpha value is -3.57. The molecule has 9 nitrogen and oxygen atoms in total. The van der Waals surface area contributed by atoms with Crippen LogP contribution in [-0.4, -0.2) is 58.5 Å². The molecule has 0 heterocycles. The van der Waals surface area contributed by atoms with E-state index in [2.05, 4.69) is 21.2 Å². The highest BCUT2D eigenvalue weighted by molar-refractivity contribution is 9.10. The van der Waals surface area contributed by atoms with Gasteiger partial charge in [-0.25, -0.2) is 8.42 Å². The van der Waals surface area contributed by atoms with Crippen LogP contribution in [0.2, 0.25) is 0 Å². The number of carbonyl (C=O) groups is 2. The molecule has 0 aromatic heterocycles. The van der Waals surface area contributed by atoms with Crippen LogP contribution in [0.1, 0.15) is 26.3 Å². The van der Waals surface area contributed by atoms with Crippen molar-refractivity contribution in [2.24, 2.45) is 5.92 Å². The molecule has 0 aliphatic rings. The molecule has 0 spiro atoms. The summed E-state index contributed by atoms with van der Waals surface area (Å²) in [5.41, 5.74) is 0.969. The molecule has 0 fully saturated rings. The standard InChI is InChI=1S/C30H36BrN3O6S/c1-21(2)18-32-30(36)22(3)33(19-23-9-8-10-24(31)17-23)29(35)20-34(27-11-6-7-12-28(27)40-5)41(37,38)26-15-13-25(39-4)14-16-26/h6-17,21-22H,18-20H2,1-5H3,(H,32,36). The lowest BCUT2D eigenvalue weighted by atomic mass is 10.1. The van der Waals surface area contributed by atoms with E-state index >= 15 is 0 Å². The number of nitrogens with one attached hydrogen (secondary N) is 1. The predicted octanol–water partition coefficient (Wildman–Crippen LogP) is 4.85. The number of para-hydroxylation sites is 2. The number of hydrogen-bond acceptors (Lipinski definition) is 6. The second kappa shape index (κ2) is 14.4. The van der Waals surface area contributed by atoms with Gasteiger partial charge in [0.05, 0.1) is 24.8 Å². The third-order valence-electron chi connectivity index (χ3n) is 6.37. The van der Waals surface area contributed by atoms with E-state index in [1.54, 1.807) is 31.2 Å². The normalized spacial score (nSPS) is 12.0. The van der Waals surface area contributed by atoms with E-state index in [0.717, 1.165) is 14.3 Å². The van der Waals surface area contributed by atoms with Crippen molar-refractivity contribution in [1.82, 2.24) is 10.2 Å². The van der Waals surface area contributed by atoms with Crippen molar-refractivity contribution < 1.29 is 27.5 Å². The Bertz CT molecular complexity index is 1450. The number of hydrogen-bond donors (Lipinski definition) is 1. The SMILES string of the molecule is COc1ccc(S(=O)(=O)N(CC(=O)N(Cc2cccc(Br)c2)C(C)C(=O)NCC(C)C)c2ccccc2OC)cc1. The number of halogens is 1. The lowest BCUT2D eigenvalue weighted by molar-refractivity contribution is -0.139. The van der Waals surface area contributed by atoms with Crippen LogP contribution in [0, 0.1) is 5.92 Å². The highest BCUT2D eigenvalue weighted by Crippen LogP contribution is 2.33. The average molecular weight is 647 g/mol. The number of rotatable bonds is 13. The van der Waals surface area contributed by atoms with Crippen LogP contribution < -0.4 is 19.1 Å². The van der Waals surface area contributed by atoms with Gasteiger partial charge in [0.15, 0.2) is 0 Å².